The van der Waals surface area contributed by atoms with E-state index in [1.165, 1.54) is 24.3 Å². The molecule has 2 amide bonds. The second kappa shape index (κ2) is 8.84. The molecule has 1 N–H and O–H groups in total. The van der Waals surface area contributed by atoms with Crippen molar-refractivity contribution in [2.75, 3.05) is 23.4 Å². The van der Waals surface area contributed by atoms with Crippen LogP contribution in [0.3, 0.4) is 0 Å². The lowest BCUT2D eigenvalue weighted by molar-refractivity contribution is -0.384. The van der Waals surface area contributed by atoms with E-state index in [0.717, 1.165) is 16.5 Å². The molecule has 32 heavy (non-hydrogen) atoms. The average molecular weight is 433 g/mol. The highest BCUT2D eigenvalue weighted by Gasteiger charge is 2.36. The summed E-state index contributed by atoms with van der Waals surface area (Å²) >= 11 is 0. The Bertz CT molecular complexity index is 1220. The van der Waals surface area contributed by atoms with Gasteiger partial charge in [0.1, 0.15) is 0 Å². The first-order valence-corrected chi connectivity index (χ1v) is 9.91. The molecule has 3 aromatic carbocycles. The van der Waals surface area contributed by atoms with Crippen LogP contribution in [-0.2, 0) is 19.1 Å². The summed E-state index contributed by atoms with van der Waals surface area (Å²) < 4.78 is 5.09. The van der Waals surface area contributed by atoms with Gasteiger partial charge < -0.3 is 15.0 Å². The number of amides is 2. The molecule has 9 heteroatoms. The van der Waals surface area contributed by atoms with E-state index in [4.69, 9.17) is 4.74 Å². The number of rotatable bonds is 6. The molecule has 1 aliphatic rings. The highest BCUT2D eigenvalue weighted by Crippen LogP contribution is 2.32. The maximum Gasteiger partial charge on any atom is 0.311 e. The van der Waals surface area contributed by atoms with Crippen molar-refractivity contribution >= 4 is 45.6 Å². The molecule has 3 aromatic rings. The number of esters is 1. The molecule has 0 aromatic heterocycles. The highest BCUT2D eigenvalue weighted by atomic mass is 16.6. The van der Waals surface area contributed by atoms with Crippen LogP contribution in [0.15, 0.2) is 66.7 Å². The molecular weight excluding hydrogens is 414 g/mol. The van der Waals surface area contributed by atoms with Crippen LogP contribution in [0.2, 0.25) is 0 Å². The topological polar surface area (TPSA) is 119 Å². The predicted molar refractivity (Wildman–Crippen MR) is 117 cm³/mol. The largest absolute Gasteiger partial charge is 0.455 e. The Kier molecular flexibility index (Phi) is 5.80. The summed E-state index contributed by atoms with van der Waals surface area (Å²) in [5.74, 6) is -2.15. The van der Waals surface area contributed by atoms with E-state index in [-0.39, 0.29) is 30.2 Å². The number of benzene rings is 3. The summed E-state index contributed by atoms with van der Waals surface area (Å²) in [5.41, 5.74) is 0.781. The van der Waals surface area contributed by atoms with Crippen molar-refractivity contribution in [3.05, 3.63) is 76.8 Å². The fourth-order valence-electron chi connectivity index (χ4n) is 3.69. The number of nitrogens with one attached hydrogen (secondary N) is 1. The molecule has 0 saturated carbocycles. The minimum absolute atomic E-state index is 0.00540. The van der Waals surface area contributed by atoms with Gasteiger partial charge in [-0.1, -0.05) is 42.5 Å². The molecule has 1 fully saturated rings. The molecule has 0 aliphatic carbocycles. The maximum absolute atomic E-state index is 12.6. The van der Waals surface area contributed by atoms with Gasteiger partial charge in [-0.15, -0.1) is 0 Å². The zero-order chi connectivity index (χ0) is 22.7. The molecule has 0 bridgehead atoms. The SMILES string of the molecule is O=C(COC(=O)[C@H]1CC(=O)N(c2cccc3ccccc23)C1)Nc1cccc([N+](=O)[O-])c1. The highest BCUT2D eigenvalue weighted by molar-refractivity contribution is 6.06. The van der Waals surface area contributed by atoms with Gasteiger partial charge in [0, 0.05) is 36.2 Å². The zero-order valence-electron chi connectivity index (χ0n) is 16.9. The van der Waals surface area contributed by atoms with Crippen LogP contribution in [0.5, 0.6) is 0 Å². The number of nitro benzene ring substituents is 1. The molecule has 9 nitrogen and oxygen atoms in total. The Morgan fingerprint density at radius 1 is 1.09 bits per heavy atom. The number of fused-ring (bicyclic) bond motifs is 1. The lowest BCUT2D eigenvalue weighted by Crippen LogP contribution is -2.28. The minimum atomic E-state index is -0.688. The third-order valence-corrected chi connectivity index (χ3v) is 5.20. The molecule has 162 valence electrons. The molecule has 1 atom stereocenters. The van der Waals surface area contributed by atoms with Crippen LogP contribution in [-0.4, -0.2) is 35.9 Å². The van der Waals surface area contributed by atoms with Gasteiger partial charge in [-0.25, -0.2) is 0 Å². The van der Waals surface area contributed by atoms with E-state index in [9.17, 15) is 24.5 Å². The second-order valence-corrected chi connectivity index (χ2v) is 7.37. The average Bonchev–Trinajstić information content (AvgIpc) is 3.18. The van der Waals surface area contributed by atoms with Crippen LogP contribution in [0.4, 0.5) is 17.1 Å². The smallest absolute Gasteiger partial charge is 0.311 e. The van der Waals surface area contributed by atoms with Crippen molar-refractivity contribution in [3.8, 4) is 0 Å². The fraction of sp³-hybridized carbons (Fsp3) is 0.174. The van der Waals surface area contributed by atoms with Crippen LogP contribution in [0.25, 0.3) is 10.8 Å². The van der Waals surface area contributed by atoms with Crippen LogP contribution in [0, 0.1) is 16.0 Å². The lowest BCUT2D eigenvalue weighted by atomic mass is 10.1. The molecule has 1 aliphatic heterocycles. The number of nitrogens with zero attached hydrogens (tertiary/aromatic N) is 2. The van der Waals surface area contributed by atoms with Gasteiger partial charge in [0.2, 0.25) is 5.91 Å². The maximum atomic E-state index is 12.6. The molecule has 0 spiro atoms. The molecular formula is C23H19N3O6. The number of nitro groups is 1. The van der Waals surface area contributed by atoms with Gasteiger partial charge in [-0.3, -0.25) is 24.5 Å². The summed E-state index contributed by atoms with van der Waals surface area (Å²) in [6, 6.07) is 18.7. The summed E-state index contributed by atoms with van der Waals surface area (Å²) in [5, 5.41) is 15.2. The van der Waals surface area contributed by atoms with Crippen LogP contribution in [0.1, 0.15) is 6.42 Å². The van der Waals surface area contributed by atoms with E-state index >= 15 is 0 Å². The fourth-order valence-corrected chi connectivity index (χ4v) is 3.69. The van der Waals surface area contributed by atoms with Crippen molar-refractivity contribution in [3.63, 3.8) is 0 Å². The predicted octanol–water partition coefficient (Wildman–Crippen LogP) is 3.28. The van der Waals surface area contributed by atoms with Gasteiger partial charge in [-0.05, 0) is 17.5 Å². The number of anilines is 2. The van der Waals surface area contributed by atoms with Gasteiger partial charge in [0.15, 0.2) is 6.61 Å². The lowest BCUT2D eigenvalue weighted by Gasteiger charge is -2.18. The van der Waals surface area contributed by atoms with E-state index < -0.39 is 29.3 Å². The van der Waals surface area contributed by atoms with Crippen LogP contribution < -0.4 is 10.2 Å². The Hall–Kier alpha value is -4.27. The van der Waals surface area contributed by atoms with Crippen molar-refractivity contribution in [1.82, 2.24) is 0 Å². The second-order valence-electron chi connectivity index (χ2n) is 7.37. The standard InChI is InChI=1S/C23H19N3O6/c27-21(24-17-7-4-8-18(12-17)26(30)31)14-32-23(29)16-11-22(28)25(13-16)20-10-3-6-15-5-1-2-9-19(15)20/h1-10,12,16H,11,13-14H2,(H,24,27)/t16-/m0/s1. The number of hydrogen-bond donors (Lipinski definition) is 1. The Labute approximate surface area is 182 Å². The molecule has 4 rings (SSSR count). The Morgan fingerprint density at radius 2 is 1.84 bits per heavy atom. The first-order valence-electron chi connectivity index (χ1n) is 9.91. The molecule has 0 unspecified atom stereocenters. The van der Waals surface area contributed by atoms with E-state index in [1.807, 2.05) is 42.5 Å². The van der Waals surface area contributed by atoms with Crippen molar-refractivity contribution in [2.24, 2.45) is 5.92 Å². The number of carbonyl (C=O) groups is 3. The zero-order valence-corrected chi connectivity index (χ0v) is 16.9. The van der Waals surface area contributed by atoms with Gasteiger partial charge >= 0.3 is 5.97 Å². The van der Waals surface area contributed by atoms with Crippen LogP contribution >= 0.6 is 0 Å². The number of carbonyl (C=O) groups excluding carboxylic acids is 3. The Balaban J connectivity index is 1.36. The first kappa shape index (κ1) is 21.0. The number of ether oxygens (including phenoxy) is 1. The van der Waals surface area contributed by atoms with Gasteiger partial charge in [0.05, 0.1) is 16.5 Å². The number of non-ortho nitro benzene ring substituents is 1. The van der Waals surface area contributed by atoms with Crippen molar-refractivity contribution < 1.29 is 24.0 Å². The van der Waals surface area contributed by atoms with Gasteiger partial charge in [0.25, 0.3) is 11.6 Å². The summed E-state index contributed by atoms with van der Waals surface area (Å²) in [6.07, 6.45) is -0.00540. The Morgan fingerprint density at radius 3 is 2.66 bits per heavy atom. The normalized spacial score (nSPS) is 15.6. The van der Waals surface area contributed by atoms with Gasteiger partial charge in [-0.2, -0.15) is 0 Å². The van der Waals surface area contributed by atoms with E-state index in [0.29, 0.717) is 0 Å². The first-order chi connectivity index (χ1) is 15.4. The third kappa shape index (κ3) is 4.41. The number of hydrogen-bond acceptors (Lipinski definition) is 6. The summed E-state index contributed by atoms with van der Waals surface area (Å²) in [4.78, 5) is 48.9. The quantitative estimate of drug-likeness (QED) is 0.362. The molecule has 1 saturated heterocycles. The molecule has 1 heterocycles. The van der Waals surface area contributed by atoms with Crippen molar-refractivity contribution in [1.29, 1.82) is 0 Å². The summed E-state index contributed by atoms with van der Waals surface area (Å²) in [6.45, 7) is -0.390. The molecule has 0 radical (unpaired) electrons. The minimum Gasteiger partial charge on any atom is -0.455 e. The third-order valence-electron chi connectivity index (χ3n) is 5.20. The monoisotopic (exact) mass is 433 g/mol. The van der Waals surface area contributed by atoms with Crippen molar-refractivity contribution in [2.45, 2.75) is 6.42 Å². The van der Waals surface area contributed by atoms with E-state index in [2.05, 4.69) is 5.32 Å². The van der Waals surface area contributed by atoms with E-state index in [1.54, 1.807) is 4.90 Å². The summed E-state index contributed by atoms with van der Waals surface area (Å²) in [7, 11) is 0.